The average Bonchev–Trinajstić information content (AvgIpc) is 3.31. The van der Waals surface area contributed by atoms with Crippen LogP contribution in [0.5, 0.6) is 0 Å². The Morgan fingerprint density at radius 1 is 0.359 bits per heavy atom. The van der Waals surface area contributed by atoms with Gasteiger partial charge in [0.15, 0.2) is 0 Å². The van der Waals surface area contributed by atoms with Crippen LogP contribution in [-0.2, 0) is 0 Å². The van der Waals surface area contributed by atoms with Gasteiger partial charge in [-0.1, -0.05) is 109 Å². The third-order valence-electron chi connectivity index (χ3n) is 8.49. The van der Waals surface area contributed by atoms with Crippen LogP contribution in [0.15, 0.2) is 140 Å². The molecule has 0 aliphatic rings. The van der Waals surface area contributed by atoms with E-state index in [1.54, 1.807) is 0 Å². The quantitative estimate of drug-likeness (QED) is 0.211. The van der Waals surface area contributed by atoms with Crippen molar-refractivity contribution in [2.75, 3.05) is 0 Å². The molecule has 0 saturated heterocycles. The maximum absolute atomic E-state index is 2.43. The van der Waals surface area contributed by atoms with Crippen LogP contribution in [0.25, 0.3) is 81.7 Å². The van der Waals surface area contributed by atoms with Crippen LogP contribution in [0.1, 0.15) is 0 Å². The Balaban J connectivity index is 1.39. The molecule has 180 valence electrons. The third-order valence-corrected chi connectivity index (χ3v) is 8.49. The Bertz CT molecular complexity index is 2360. The van der Waals surface area contributed by atoms with Crippen LogP contribution in [0.2, 0.25) is 0 Å². The second kappa shape index (κ2) is 7.69. The predicted molar refractivity (Wildman–Crippen MR) is 167 cm³/mol. The summed E-state index contributed by atoms with van der Waals surface area (Å²) >= 11 is 0. The zero-order chi connectivity index (χ0) is 25.5. The summed E-state index contributed by atoms with van der Waals surface area (Å²) in [6.07, 6.45) is 0. The van der Waals surface area contributed by atoms with E-state index in [1.807, 2.05) is 0 Å². The van der Waals surface area contributed by atoms with Crippen molar-refractivity contribution in [3.8, 4) is 16.8 Å². The Morgan fingerprint density at radius 3 is 1.79 bits per heavy atom. The standard InChI is InChI=1S/C38H23N/c1-2-11-30(12-3-1)39-35-23-29(17-19-32(35)34-21-27-7-4-5-8-28(27)22-36(34)39)31-18-15-26-14-13-24-9-6-10-25-16-20-33(31)38(26)37(24)25/h1-23H. The first-order valence-electron chi connectivity index (χ1n) is 13.5. The maximum Gasteiger partial charge on any atom is 0.0547 e. The van der Waals surface area contributed by atoms with Gasteiger partial charge in [0, 0.05) is 16.5 Å². The van der Waals surface area contributed by atoms with Crippen LogP contribution < -0.4 is 0 Å². The topological polar surface area (TPSA) is 4.93 Å². The van der Waals surface area contributed by atoms with Crippen molar-refractivity contribution in [2.24, 2.45) is 0 Å². The van der Waals surface area contributed by atoms with Crippen molar-refractivity contribution in [3.05, 3.63) is 140 Å². The maximum atomic E-state index is 2.43. The van der Waals surface area contributed by atoms with Crippen molar-refractivity contribution in [2.45, 2.75) is 0 Å². The SMILES string of the molecule is c1ccc(-n2c3cc(-c4ccc5ccc6cccc7ccc4c5c67)ccc3c3cc4ccccc4cc32)cc1. The van der Waals surface area contributed by atoms with E-state index >= 15 is 0 Å². The van der Waals surface area contributed by atoms with Crippen molar-refractivity contribution in [1.82, 2.24) is 4.57 Å². The van der Waals surface area contributed by atoms with E-state index in [-0.39, 0.29) is 0 Å². The minimum absolute atomic E-state index is 1.18. The number of fused-ring (bicyclic) bond motifs is 4. The highest BCUT2D eigenvalue weighted by atomic mass is 15.0. The molecule has 9 rings (SSSR count). The van der Waals surface area contributed by atoms with Gasteiger partial charge in [0.1, 0.15) is 0 Å². The molecule has 0 spiro atoms. The monoisotopic (exact) mass is 493 g/mol. The molecular weight excluding hydrogens is 470 g/mol. The fourth-order valence-corrected chi connectivity index (χ4v) is 6.71. The summed E-state index contributed by atoms with van der Waals surface area (Å²) in [5.41, 5.74) is 6.17. The second-order valence-electron chi connectivity index (χ2n) is 10.6. The summed E-state index contributed by atoms with van der Waals surface area (Å²) in [4.78, 5) is 0. The molecular formula is C38H23N. The molecule has 39 heavy (non-hydrogen) atoms. The Labute approximate surface area is 225 Å². The predicted octanol–water partition coefficient (Wildman–Crippen LogP) is 10.5. The van der Waals surface area contributed by atoms with Crippen LogP contribution in [-0.4, -0.2) is 4.57 Å². The van der Waals surface area contributed by atoms with E-state index in [0.717, 1.165) is 0 Å². The van der Waals surface area contributed by atoms with Crippen molar-refractivity contribution < 1.29 is 0 Å². The van der Waals surface area contributed by atoms with E-state index in [4.69, 9.17) is 0 Å². The number of para-hydroxylation sites is 1. The van der Waals surface area contributed by atoms with Crippen molar-refractivity contribution in [1.29, 1.82) is 0 Å². The minimum atomic E-state index is 1.18. The van der Waals surface area contributed by atoms with Crippen LogP contribution in [0, 0.1) is 0 Å². The lowest BCUT2D eigenvalue weighted by atomic mass is 9.89. The fraction of sp³-hybridized carbons (Fsp3) is 0. The minimum Gasteiger partial charge on any atom is -0.309 e. The number of aromatic nitrogens is 1. The molecule has 0 atom stereocenters. The molecule has 0 aliphatic carbocycles. The first-order valence-corrected chi connectivity index (χ1v) is 13.5. The average molecular weight is 494 g/mol. The molecule has 0 fully saturated rings. The molecule has 0 bridgehead atoms. The van der Waals surface area contributed by atoms with E-state index in [1.165, 1.54) is 81.7 Å². The molecule has 0 N–H and O–H groups in total. The molecule has 1 aromatic heterocycles. The molecule has 0 radical (unpaired) electrons. The molecule has 1 heteroatoms. The van der Waals surface area contributed by atoms with Gasteiger partial charge in [-0.05, 0) is 84.5 Å². The van der Waals surface area contributed by atoms with E-state index < -0.39 is 0 Å². The molecule has 1 nitrogen and oxygen atoms in total. The number of hydrogen-bond acceptors (Lipinski definition) is 0. The Morgan fingerprint density at radius 2 is 0.974 bits per heavy atom. The molecule has 0 unspecified atom stereocenters. The van der Waals surface area contributed by atoms with Gasteiger partial charge in [-0.25, -0.2) is 0 Å². The molecule has 9 aromatic rings. The summed E-state index contributed by atoms with van der Waals surface area (Å²) in [5.74, 6) is 0. The summed E-state index contributed by atoms with van der Waals surface area (Å²) in [7, 11) is 0. The van der Waals surface area contributed by atoms with Crippen LogP contribution in [0.4, 0.5) is 0 Å². The number of hydrogen-bond donors (Lipinski definition) is 0. The lowest BCUT2D eigenvalue weighted by Gasteiger charge is -2.14. The van der Waals surface area contributed by atoms with Gasteiger partial charge >= 0.3 is 0 Å². The first-order chi connectivity index (χ1) is 19.3. The second-order valence-corrected chi connectivity index (χ2v) is 10.6. The van der Waals surface area contributed by atoms with Gasteiger partial charge in [0.05, 0.1) is 11.0 Å². The normalized spacial score (nSPS) is 12.1. The molecule has 1 heterocycles. The van der Waals surface area contributed by atoms with E-state index in [2.05, 4.69) is 144 Å². The van der Waals surface area contributed by atoms with Crippen molar-refractivity contribution in [3.63, 3.8) is 0 Å². The largest absolute Gasteiger partial charge is 0.309 e. The van der Waals surface area contributed by atoms with E-state index in [9.17, 15) is 0 Å². The van der Waals surface area contributed by atoms with Gasteiger partial charge in [-0.15, -0.1) is 0 Å². The van der Waals surface area contributed by atoms with Crippen LogP contribution >= 0.6 is 0 Å². The summed E-state index contributed by atoms with van der Waals surface area (Å²) in [6, 6.07) is 51.4. The van der Waals surface area contributed by atoms with Gasteiger partial charge in [-0.2, -0.15) is 0 Å². The van der Waals surface area contributed by atoms with Crippen LogP contribution in [0.3, 0.4) is 0 Å². The molecule has 0 amide bonds. The van der Waals surface area contributed by atoms with Gasteiger partial charge < -0.3 is 4.57 Å². The highest BCUT2D eigenvalue weighted by Gasteiger charge is 2.16. The number of benzene rings is 8. The Hall–Kier alpha value is -5.14. The van der Waals surface area contributed by atoms with Gasteiger partial charge in [-0.3, -0.25) is 0 Å². The molecule has 8 aromatic carbocycles. The third kappa shape index (κ3) is 2.90. The van der Waals surface area contributed by atoms with Crippen molar-refractivity contribution >= 4 is 64.9 Å². The Kier molecular flexibility index (Phi) is 4.11. The zero-order valence-corrected chi connectivity index (χ0v) is 21.2. The first kappa shape index (κ1) is 20.9. The molecule has 0 aliphatic heterocycles. The lowest BCUT2D eigenvalue weighted by Crippen LogP contribution is -1.93. The highest BCUT2D eigenvalue weighted by molar-refractivity contribution is 6.25. The summed E-state index contributed by atoms with van der Waals surface area (Å²) in [5, 5.41) is 13.0. The van der Waals surface area contributed by atoms with E-state index in [0.29, 0.717) is 0 Å². The molecule has 0 saturated carbocycles. The van der Waals surface area contributed by atoms with Gasteiger partial charge in [0.2, 0.25) is 0 Å². The number of rotatable bonds is 2. The summed E-state index contributed by atoms with van der Waals surface area (Å²) < 4.78 is 2.43. The fourth-order valence-electron chi connectivity index (χ4n) is 6.71. The van der Waals surface area contributed by atoms with Gasteiger partial charge in [0.25, 0.3) is 0 Å². The summed E-state index contributed by atoms with van der Waals surface area (Å²) in [6.45, 7) is 0. The number of nitrogens with zero attached hydrogens (tertiary/aromatic N) is 1. The lowest BCUT2D eigenvalue weighted by molar-refractivity contribution is 1.18. The zero-order valence-electron chi connectivity index (χ0n) is 21.2. The smallest absolute Gasteiger partial charge is 0.0547 e. The highest BCUT2D eigenvalue weighted by Crippen LogP contribution is 2.41.